The minimum atomic E-state index is -0.416. The molecule has 2 heteroatoms. The molecule has 1 nitrogen and oxygen atoms in total. The summed E-state index contributed by atoms with van der Waals surface area (Å²) in [5.74, 6) is 0. The lowest BCUT2D eigenvalue weighted by Gasteiger charge is -2.17. The summed E-state index contributed by atoms with van der Waals surface area (Å²) in [6.07, 6.45) is 0. The summed E-state index contributed by atoms with van der Waals surface area (Å²) in [6.45, 7) is 0. The standard InChI is InChI=1S/C25H13ClO/c26-25(27)20-12-11-19-17-8-3-6-15-13-14-5-1-2-7-16(14)24(22(15)17)21-10-4-9-18(20)23(19)21/h1-13H. The number of carbonyl (C=O) groups excluding carboxylic acids is 1. The van der Waals surface area contributed by atoms with Crippen molar-refractivity contribution < 1.29 is 4.79 Å². The fourth-order valence-corrected chi connectivity index (χ4v) is 4.80. The van der Waals surface area contributed by atoms with E-state index in [9.17, 15) is 4.79 Å². The highest BCUT2D eigenvalue weighted by Gasteiger charge is 2.17. The van der Waals surface area contributed by atoms with Gasteiger partial charge in [0.25, 0.3) is 5.24 Å². The molecule has 0 heterocycles. The van der Waals surface area contributed by atoms with Gasteiger partial charge in [-0.05, 0) is 77.6 Å². The molecule has 0 N–H and O–H groups in total. The summed E-state index contributed by atoms with van der Waals surface area (Å²) in [5, 5.41) is 11.4. The molecule has 0 atom stereocenters. The maximum Gasteiger partial charge on any atom is 0.253 e. The zero-order valence-corrected chi connectivity index (χ0v) is 15.0. The average molecular weight is 365 g/mol. The summed E-state index contributed by atoms with van der Waals surface area (Å²) >= 11 is 5.89. The van der Waals surface area contributed by atoms with Crippen LogP contribution in [0.1, 0.15) is 10.4 Å². The molecule has 0 unspecified atom stereocenters. The van der Waals surface area contributed by atoms with Crippen LogP contribution in [0.4, 0.5) is 0 Å². The second-order valence-electron chi connectivity index (χ2n) is 7.04. The average Bonchev–Trinajstić information content (AvgIpc) is 2.70. The van der Waals surface area contributed by atoms with Gasteiger partial charge in [-0.25, -0.2) is 0 Å². The predicted octanol–water partition coefficient (Wildman–Crippen LogP) is 7.27. The van der Waals surface area contributed by atoms with Gasteiger partial charge < -0.3 is 0 Å². The molecule has 6 aromatic carbocycles. The molecule has 0 aromatic heterocycles. The summed E-state index contributed by atoms with van der Waals surface area (Å²) < 4.78 is 0. The molecule has 0 amide bonds. The van der Waals surface area contributed by atoms with Gasteiger partial charge in [0.1, 0.15) is 0 Å². The van der Waals surface area contributed by atoms with E-state index < -0.39 is 5.24 Å². The zero-order chi connectivity index (χ0) is 18.1. The van der Waals surface area contributed by atoms with Crippen LogP contribution in [0.15, 0.2) is 78.9 Å². The van der Waals surface area contributed by atoms with Crippen molar-refractivity contribution in [1.82, 2.24) is 0 Å². The van der Waals surface area contributed by atoms with Crippen LogP contribution in [0.2, 0.25) is 0 Å². The Morgan fingerprint density at radius 3 is 2.11 bits per heavy atom. The normalized spacial score (nSPS) is 12.0. The van der Waals surface area contributed by atoms with Crippen molar-refractivity contribution in [3.05, 3.63) is 84.4 Å². The SMILES string of the molecule is O=C(Cl)c1ccc2c3cccc4cc5ccccc5c(c5cccc1c25)c43. The molecular formula is C25H13ClO. The number of hydrogen-bond donors (Lipinski definition) is 0. The Kier molecular flexibility index (Phi) is 2.87. The van der Waals surface area contributed by atoms with Crippen LogP contribution in [-0.4, -0.2) is 5.24 Å². The molecule has 0 fully saturated rings. The molecule has 0 aliphatic heterocycles. The molecule has 0 bridgehead atoms. The number of halogens is 1. The summed E-state index contributed by atoms with van der Waals surface area (Å²) in [7, 11) is 0. The van der Waals surface area contributed by atoms with Gasteiger partial charge >= 0.3 is 0 Å². The predicted molar refractivity (Wildman–Crippen MR) is 115 cm³/mol. The van der Waals surface area contributed by atoms with E-state index in [-0.39, 0.29) is 0 Å². The Morgan fingerprint density at radius 2 is 1.22 bits per heavy atom. The lowest BCUT2D eigenvalue weighted by Crippen LogP contribution is -1.94. The number of carbonyl (C=O) groups is 1. The van der Waals surface area contributed by atoms with E-state index in [1.807, 2.05) is 24.3 Å². The maximum absolute atomic E-state index is 12.0. The Labute approximate surface area is 160 Å². The van der Waals surface area contributed by atoms with E-state index in [0.29, 0.717) is 5.56 Å². The van der Waals surface area contributed by atoms with Crippen molar-refractivity contribution in [2.75, 3.05) is 0 Å². The highest BCUT2D eigenvalue weighted by molar-refractivity contribution is 6.69. The Balaban J connectivity index is 2.06. The molecular weight excluding hydrogens is 352 g/mol. The van der Waals surface area contributed by atoms with Gasteiger partial charge in [0.15, 0.2) is 0 Å². The second kappa shape index (κ2) is 5.18. The van der Waals surface area contributed by atoms with Crippen LogP contribution < -0.4 is 0 Å². The largest absolute Gasteiger partial charge is 0.276 e. The molecule has 6 rings (SSSR count). The quantitative estimate of drug-likeness (QED) is 0.170. The van der Waals surface area contributed by atoms with E-state index in [1.165, 1.54) is 37.7 Å². The van der Waals surface area contributed by atoms with E-state index in [0.717, 1.165) is 16.2 Å². The number of hydrogen-bond acceptors (Lipinski definition) is 1. The topological polar surface area (TPSA) is 17.1 Å². The number of benzene rings is 6. The van der Waals surface area contributed by atoms with Crippen molar-refractivity contribution in [3.63, 3.8) is 0 Å². The van der Waals surface area contributed by atoms with Crippen molar-refractivity contribution in [2.45, 2.75) is 0 Å². The molecule has 0 saturated carbocycles. The minimum absolute atomic E-state index is 0.416. The smallest absolute Gasteiger partial charge is 0.253 e. The van der Waals surface area contributed by atoms with Gasteiger partial charge in [0, 0.05) is 5.56 Å². The first kappa shape index (κ1) is 15.0. The van der Waals surface area contributed by atoms with Crippen molar-refractivity contribution in [3.8, 4) is 0 Å². The van der Waals surface area contributed by atoms with Crippen LogP contribution in [-0.2, 0) is 0 Å². The van der Waals surface area contributed by atoms with Crippen LogP contribution in [0, 0.1) is 0 Å². The minimum Gasteiger partial charge on any atom is -0.276 e. The molecule has 126 valence electrons. The first-order chi connectivity index (χ1) is 13.2. The van der Waals surface area contributed by atoms with E-state index in [4.69, 9.17) is 11.6 Å². The van der Waals surface area contributed by atoms with Crippen LogP contribution >= 0.6 is 11.6 Å². The summed E-state index contributed by atoms with van der Waals surface area (Å²) in [4.78, 5) is 12.0. The summed E-state index contributed by atoms with van der Waals surface area (Å²) in [6, 6.07) is 27.3. The van der Waals surface area contributed by atoms with Gasteiger partial charge in [-0.15, -0.1) is 0 Å². The van der Waals surface area contributed by atoms with Gasteiger partial charge in [0.2, 0.25) is 0 Å². The molecule has 0 aliphatic carbocycles. The fraction of sp³-hybridized carbons (Fsp3) is 0. The van der Waals surface area contributed by atoms with E-state index in [2.05, 4.69) is 54.6 Å². The molecule has 0 aliphatic rings. The van der Waals surface area contributed by atoms with Gasteiger partial charge in [0.05, 0.1) is 0 Å². The third-order valence-corrected chi connectivity index (χ3v) is 5.90. The number of rotatable bonds is 1. The fourth-order valence-electron chi connectivity index (χ4n) is 4.64. The molecule has 0 radical (unpaired) electrons. The molecule has 0 spiro atoms. The van der Waals surface area contributed by atoms with Crippen molar-refractivity contribution >= 4 is 70.7 Å². The first-order valence-electron chi connectivity index (χ1n) is 8.95. The van der Waals surface area contributed by atoms with Crippen molar-refractivity contribution in [1.29, 1.82) is 0 Å². The monoisotopic (exact) mass is 364 g/mol. The summed E-state index contributed by atoms with van der Waals surface area (Å²) in [5.41, 5.74) is 0.563. The lowest BCUT2D eigenvalue weighted by molar-refractivity contribution is 0.108. The van der Waals surface area contributed by atoms with Crippen LogP contribution in [0.5, 0.6) is 0 Å². The van der Waals surface area contributed by atoms with Crippen LogP contribution in [0.3, 0.4) is 0 Å². The van der Waals surface area contributed by atoms with E-state index >= 15 is 0 Å². The Morgan fingerprint density at radius 1 is 0.556 bits per heavy atom. The van der Waals surface area contributed by atoms with Gasteiger partial charge in [-0.3, -0.25) is 4.79 Å². The lowest BCUT2D eigenvalue weighted by atomic mass is 9.86. The third kappa shape index (κ3) is 1.87. The zero-order valence-electron chi connectivity index (χ0n) is 14.3. The van der Waals surface area contributed by atoms with E-state index in [1.54, 1.807) is 0 Å². The highest BCUT2D eigenvalue weighted by atomic mass is 35.5. The molecule has 0 saturated heterocycles. The Bertz CT molecular complexity index is 1540. The maximum atomic E-state index is 12.0. The van der Waals surface area contributed by atoms with Gasteiger partial charge in [-0.1, -0.05) is 66.7 Å². The third-order valence-electron chi connectivity index (χ3n) is 5.70. The number of fused-ring (bicyclic) bond motifs is 4. The second-order valence-corrected chi connectivity index (χ2v) is 7.38. The molecule has 6 aromatic rings. The highest BCUT2D eigenvalue weighted by Crippen LogP contribution is 2.44. The Hall–Kier alpha value is -3.16. The van der Waals surface area contributed by atoms with Crippen molar-refractivity contribution in [2.24, 2.45) is 0 Å². The molecule has 27 heavy (non-hydrogen) atoms. The first-order valence-corrected chi connectivity index (χ1v) is 9.32. The van der Waals surface area contributed by atoms with Crippen LogP contribution in [0.25, 0.3) is 53.9 Å². The van der Waals surface area contributed by atoms with Gasteiger partial charge in [-0.2, -0.15) is 0 Å².